The number of hydrogen-bond donors (Lipinski definition) is 1. The summed E-state index contributed by atoms with van der Waals surface area (Å²) in [6.45, 7) is 5.29. The fourth-order valence-corrected chi connectivity index (χ4v) is 4.69. The number of aryl methyl sites for hydroxylation is 1. The molecule has 0 radical (unpaired) electrons. The van der Waals surface area contributed by atoms with Crippen molar-refractivity contribution >= 4 is 23.1 Å². The summed E-state index contributed by atoms with van der Waals surface area (Å²) < 4.78 is 1.12. The van der Waals surface area contributed by atoms with Crippen LogP contribution in [0.1, 0.15) is 44.0 Å². The lowest BCUT2D eigenvalue weighted by molar-refractivity contribution is 0.288. The lowest BCUT2D eigenvalue weighted by Crippen LogP contribution is -2.39. The first-order valence-electron chi connectivity index (χ1n) is 6.96. The molecule has 0 amide bonds. The van der Waals surface area contributed by atoms with E-state index >= 15 is 0 Å². The average molecular weight is 285 g/mol. The van der Waals surface area contributed by atoms with E-state index in [1.807, 2.05) is 18.7 Å². The molecule has 1 atom stereocenters. The van der Waals surface area contributed by atoms with Crippen molar-refractivity contribution in [1.29, 1.82) is 0 Å². The Kier molecular flexibility index (Phi) is 5.92. The molecule has 18 heavy (non-hydrogen) atoms. The number of nitrogens with zero attached hydrogens (tertiary/aromatic N) is 2. The Morgan fingerprint density at radius 2 is 2.11 bits per heavy atom. The molecule has 1 fully saturated rings. The average Bonchev–Trinajstić information content (AvgIpc) is 2.81. The Morgan fingerprint density at radius 3 is 2.72 bits per heavy atom. The summed E-state index contributed by atoms with van der Waals surface area (Å²) >= 11 is 3.57. The second-order valence-corrected chi connectivity index (χ2v) is 7.41. The molecule has 1 saturated carbocycles. The van der Waals surface area contributed by atoms with E-state index in [4.69, 9.17) is 0 Å². The molecule has 3 nitrogen and oxygen atoms in total. The van der Waals surface area contributed by atoms with E-state index in [-0.39, 0.29) is 0 Å². The lowest BCUT2D eigenvalue weighted by Gasteiger charge is -2.30. The molecule has 0 aliphatic heterocycles. The Labute approximate surface area is 118 Å². The van der Waals surface area contributed by atoms with Crippen molar-refractivity contribution in [3.8, 4) is 0 Å². The normalized spacial score (nSPS) is 19.0. The molecule has 5 heteroatoms. The van der Waals surface area contributed by atoms with Crippen molar-refractivity contribution in [3.63, 3.8) is 0 Å². The summed E-state index contributed by atoms with van der Waals surface area (Å²) in [4.78, 5) is 0. The van der Waals surface area contributed by atoms with Crippen LogP contribution < -0.4 is 5.32 Å². The molecule has 1 heterocycles. The summed E-state index contributed by atoms with van der Waals surface area (Å²) in [5.74, 6) is 1.99. The highest BCUT2D eigenvalue weighted by Gasteiger charge is 2.23. The van der Waals surface area contributed by atoms with E-state index in [0.29, 0.717) is 6.04 Å². The minimum atomic E-state index is 0.643. The number of nitrogens with one attached hydrogen (secondary N) is 1. The van der Waals surface area contributed by atoms with Crippen molar-refractivity contribution in [2.75, 3.05) is 12.3 Å². The lowest BCUT2D eigenvalue weighted by atomic mass is 9.84. The number of thioether (sulfide) groups is 1. The van der Waals surface area contributed by atoms with Gasteiger partial charge in [0.15, 0.2) is 4.34 Å². The van der Waals surface area contributed by atoms with E-state index in [1.165, 1.54) is 32.1 Å². The molecule has 0 aromatic carbocycles. The van der Waals surface area contributed by atoms with Gasteiger partial charge in [-0.25, -0.2) is 0 Å². The topological polar surface area (TPSA) is 37.8 Å². The Balaban J connectivity index is 1.85. The zero-order valence-electron chi connectivity index (χ0n) is 11.3. The van der Waals surface area contributed by atoms with E-state index in [0.717, 1.165) is 27.6 Å². The van der Waals surface area contributed by atoms with Crippen LogP contribution in [0.4, 0.5) is 0 Å². The van der Waals surface area contributed by atoms with Gasteiger partial charge in [0.05, 0.1) is 0 Å². The molecule has 1 aliphatic carbocycles. The standard InChI is InChI=1S/C13H23N3S2/c1-3-14-12(11-7-5-4-6-8-11)9-17-13-16-15-10(2)18-13/h11-12,14H,3-9H2,1-2H3. The zero-order valence-corrected chi connectivity index (χ0v) is 12.9. The fraction of sp³-hybridized carbons (Fsp3) is 0.846. The molecule has 1 unspecified atom stereocenters. The number of hydrogen-bond acceptors (Lipinski definition) is 5. The van der Waals surface area contributed by atoms with Crippen molar-refractivity contribution in [3.05, 3.63) is 5.01 Å². The molecule has 1 aromatic heterocycles. The molecule has 1 N–H and O–H groups in total. The fourth-order valence-electron chi connectivity index (χ4n) is 2.66. The van der Waals surface area contributed by atoms with Gasteiger partial charge in [0.2, 0.25) is 0 Å². The molecular weight excluding hydrogens is 262 g/mol. The van der Waals surface area contributed by atoms with Crippen molar-refractivity contribution in [2.45, 2.75) is 56.3 Å². The SMILES string of the molecule is CCNC(CSc1nnc(C)s1)C1CCCCC1. The van der Waals surface area contributed by atoms with E-state index in [9.17, 15) is 0 Å². The maximum atomic E-state index is 4.20. The summed E-state index contributed by atoms with van der Waals surface area (Å²) in [6.07, 6.45) is 7.04. The predicted molar refractivity (Wildman–Crippen MR) is 79.4 cm³/mol. The Morgan fingerprint density at radius 1 is 1.33 bits per heavy atom. The monoisotopic (exact) mass is 285 g/mol. The van der Waals surface area contributed by atoms with Crippen LogP contribution in [0.15, 0.2) is 4.34 Å². The van der Waals surface area contributed by atoms with Crippen molar-refractivity contribution < 1.29 is 0 Å². The van der Waals surface area contributed by atoms with Crippen LogP contribution in [0.3, 0.4) is 0 Å². The van der Waals surface area contributed by atoms with E-state index in [1.54, 1.807) is 11.3 Å². The van der Waals surface area contributed by atoms with Gasteiger partial charge in [-0.15, -0.1) is 10.2 Å². The molecule has 0 bridgehead atoms. The Bertz CT molecular complexity index is 348. The highest BCUT2D eigenvalue weighted by atomic mass is 32.2. The maximum absolute atomic E-state index is 4.20. The zero-order chi connectivity index (χ0) is 12.8. The third-order valence-corrected chi connectivity index (χ3v) is 5.67. The first-order chi connectivity index (χ1) is 8.79. The largest absolute Gasteiger partial charge is 0.313 e. The van der Waals surface area contributed by atoms with Gasteiger partial charge in [-0.05, 0) is 32.2 Å². The van der Waals surface area contributed by atoms with Gasteiger partial charge in [-0.2, -0.15) is 0 Å². The van der Waals surface area contributed by atoms with Crippen LogP contribution in [0.5, 0.6) is 0 Å². The summed E-state index contributed by atoms with van der Waals surface area (Å²) in [6, 6.07) is 0.643. The van der Waals surface area contributed by atoms with Crippen molar-refractivity contribution in [1.82, 2.24) is 15.5 Å². The van der Waals surface area contributed by atoms with Crippen molar-refractivity contribution in [2.24, 2.45) is 5.92 Å². The minimum absolute atomic E-state index is 0.643. The number of rotatable bonds is 6. The Hall–Kier alpha value is -0.130. The summed E-state index contributed by atoms with van der Waals surface area (Å²) in [5.41, 5.74) is 0. The predicted octanol–water partition coefficient (Wildman–Crippen LogP) is 3.50. The highest BCUT2D eigenvalue weighted by molar-refractivity contribution is 8.01. The van der Waals surface area contributed by atoms with Crippen LogP contribution in [-0.4, -0.2) is 28.5 Å². The smallest absolute Gasteiger partial charge is 0.174 e. The number of aromatic nitrogens is 2. The molecule has 0 saturated heterocycles. The first kappa shape index (κ1) is 14.3. The van der Waals surface area contributed by atoms with Gasteiger partial charge in [0, 0.05) is 11.8 Å². The first-order valence-corrected chi connectivity index (χ1v) is 8.76. The van der Waals surface area contributed by atoms with Gasteiger partial charge in [-0.1, -0.05) is 49.3 Å². The molecule has 1 aliphatic rings. The molecule has 102 valence electrons. The van der Waals surface area contributed by atoms with Crippen LogP contribution in [0.2, 0.25) is 0 Å². The third kappa shape index (κ3) is 4.21. The second-order valence-electron chi connectivity index (χ2n) is 4.96. The van der Waals surface area contributed by atoms with Gasteiger partial charge in [0.1, 0.15) is 5.01 Å². The molecule has 0 spiro atoms. The van der Waals surface area contributed by atoms with E-state index < -0.39 is 0 Å². The summed E-state index contributed by atoms with van der Waals surface area (Å²) in [5, 5.41) is 13.0. The van der Waals surface area contributed by atoms with Crippen LogP contribution in [0.25, 0.3) is 0 Å². The molecule has 1 aromatic rings. The van der Waals surface area contributed by atoms with Gasteiger partial charge < -0.3 is 5.32 Å². The van der Waals surface area contributed by atoms with Crippen LogP contribution in [0, 0.1) is 12.8 Å². The molecular formula is C13H23N3S2. The quantitative estimate of drug-likeness (QED) is 0.812. The third-order valence-electron chi connectivity index (χ3n) is 3.58. The second kappa shape index (κ2) is 7.46. The van der Waals surface area contributed by atoms with Gasteiger partial charge in [0.25, 0.3) is 0 Å². The van der Waals surface area contributed by atoms with Crippen LogP contribution in [-0.2, 0) is 0 Å². The minimum Gasteiger partial charge on any atom is -0.313 e. The maximum Gasteiger partial charge on any atom is 0.174 e. The van der Waals surface area contributed by atoms with E-state index in [2.05, 4.69) is 22.4 Å². The van der Waals surface area contributed by atoms with Gasteiger partial charge >= 0.3 is 0 Å². The highest BCUT2D eigenvalue weighted by Crippen LogP contribution is 2.30. The van der Waals surface area contributed by atoms with Crippen LogP contribution >= 0.6 is 23.1 Å². The van der Waals surface area contributed by atoms with Gasteiger partial charge in [-0.3, -0.25) is 0 Å². The molecule has 2 rings (SSSR count). The summed E-state index contributed by atoms with van der Waals surface area (Å²) in [7, 11) is 0.